The number of fused-ring (bicyclic) bond motifs is 1. The fourth-order valence-corrected chi connectivity index (χ4v) is 7.66. The fraction of sp³-hybridized carbons (Fsp3) is 0.611. The monoisotopic (exact) mass is 637 g/mol. The number of aliphatic hydroxyl groups excluding tert-OH is 1. The van der Waals surface area contributed by atoms with E-state index in [1.165, 1.54) is 4.90 Å². The molecule has 8 atom stereocenters. The molecule has 3 aliphatic heterocycles. The van der Waals surface area contributed by atoms with Crippen molar-refractivity contribution in [3.05, 3.63) is 61.2 Å². The number of ether oxygens (including phenoxy) is 2. The fourth-order valence-electron chi connectivity index (χ4n) is 7.66. The van der Waals surface area contributed by atoms with Gasteiger partial charge in [-0.3, -0.25) is 19.2 Å². The highest BCUT2D eigenvalue weighted by atomic mass is 16.6. The molecule has 1 N–H and O–H groups in total. The number of hydrogen-bond donors (Lipinski definition) is 1. The number of likely N-dealkylation sites (N-methyl/N-ethyl adjacent to an activating group) is 1. The maximum absolute atomic E-state index is 14.4. The van der Waals surface area contributed by atoms with Crippen LogP contribution in [0, 0.1) is 11.8 Å². The minimum atomic E-state index is -1.17. The van der Waals surface area contributed by atoms with Crippen molar-refractivity contribution in [2.45, 2.75) is 102 Å². The molecule has 3 amide bonds. The van der Waals surface area contributed by atoms with Crippen LogP contribution in [0.3, 0.4) is 0 Å². The van der Waals surface area contributed by atoms with Crippen molar-refractivity contribution in [2.75, 3.05) is 26.7 Å². The molecule has 0 aliphatic carbocycles. The van der Waals surface area contributed by atoms with Gasteiger partial charge in [-0.1, -0.05) is 55.8 Å². The first-order valence-electron chi connectivity index (χ1n) is 16.7. The third-order valence-corrected chi connectivity index (χ3v) is 10.1. The van der Waals surface area contributed by atoms with Crippen LogP contribution in [0.2, 0.25) is 0 Å². The van der Waals surface area contributed by atoms with Gasteiger partial charge in [0, 0.05) is 39.2 Å². The van der Waals surface area contributed by atoms with E-state index in [2.05, 4.69) is 20.1 Å². The second-order valence-corrected chi connectivity index (χ2v) is 12.9. The van der Waals surface area contributed by atoms with Crippen LogP contribution in [0.15, 0.2) is 55.6 Å². The number of nitrogens with zero attached hydrogens (tertiary/aromatic N) is 3. The predicted molar refractivity (Wildman–Crippen MR) is 174 cm³/mol. The second kappa shape index (κ2) is 15.4. The number of esters is 1. The van der Waals surface area contributed by atoms with Gasteiger partial charge in [-0.05, 0) is 51.5 Å². The van der Waals surface area contributed by atoms with E-state index >= 15 is 0 Å². The van der Waals surface area contributed by atoms with E-state index in [4.69, 9.17) is 9.47 Å². The molecule has 2 bridgehead atoms. The van der Waals surface area contributed by atoms with Crippen molar-refractivity contribution in [1.82, 2.24) is 14.7 Å². The predicted octanol–water partition coefficient (Wildman–Crippen LogP) is 4.04. The summed E-state index contributed by atoms with van der Waals surface area (Å²) in [5, 5.41) is 9.67. The van der Waals surface area contributed by atoms with Crippen molar-refractivity contribution >= 4 is 23.7 Å². The normalized spacial score (nSPS) is 26.6. The molecule has 1 spiro atoms. The van der Waals surface area contributed by atoms with Crippen LogP contribution in [-0.4, -0.2) is 100 Å². The van der Waals surface area contributed by atoms with Crippen molar-refractivity contribution in [1.29, 1.82) is 0 Å². The minimum Gasteiger partial charge on any atom is -0.455 e. The summed E-state index contributed by atoms with van der Waals surface area (Å²) in [6.07, 6.45) is 5.78. The SMILES string of the molecule is C=CCCC(=O)N(C)[C@@H](C)[C@@H](OC(=O)[C@@H]1[C@@H]2CC[C@]3(O2)[C@H](C(=O)N(CC=C)C(C)CCC)N(CCCO)C(=O)[C@@H]13)c1ccccc1. The van der Waals surface area contributed by atoms with Gasteiger partial charge in [-0.2, -0.15) is 0 Å². The summed E-state index contributed by atoms with van der Waals surface area (Å²) < 4.78 is 12.9. The van der Waals surface area contributed by atoms with Gasteiger partial charge in [0.05, 0.1) is 24.0 Å². The Morgan fingerprint density at radius 1 is 1.20 bits per heavy atom. The smallest absolute Gasteiger partial charge is 0.313 e. The summed E-state index contributed by atoms with van der Waals surface area (Å²) in [6, 6.07) is 7.77. The Morgan fingerprint density at radius 2 is 1.91 bits per heavy atom. The van der Waals surface area contributed by atoms with E-state index in [0.717, 1.165) is 18.4 Å². The van der Waals surface area contributed by atoms with Crippen molar-refractivity contribution < 1.29 is 33.8 Å². The molecule has 1 aromatic rings. The minimum absolute atomic E-state index is 0.0839. The van der Waals surface area contributed by atoms with Crippen LogP contribution in [0.25, 0.3) is 0 Å². The highest BCUT2D eigenvalue weighted by Gasteiger charge is 2.75. The zero-order chi connectivity index (χ0) is 33.6. The van der Waals surface area contributed by atoms with Crippen molar-refractivity contribution in [2.24, 2.45) is 11.8 Å². The van der Waals surface area contributed by atoms with Crippen LogP contribution >= 0.6 is 0 Å². The lowest BCUT2D eigenvalue weighted by Gasteiger charge is -2.39. The van der Waals surface area contributed by atoms with Crippen molar-refractivity contribution in [3.63, 3.8) is 0 Å². The molecule has 3 fully saturated rings. The highest BCUT2D eigenvalue weighted by molar-refractivity contribution is 5.98. The van der Waals surface area contributed by atoms with Crippen LogP contribution in [-0.2, 0) is 28.7 Å². The van der Waals surface area contributed by atoms with Gasteiger partial charge in [-0.15, -0.1) is 13.2 Å². The molecule has 1 unspecified atom stereocenters. The van der Waals surface area contributed by atoms with Gasteiger partial charge in [0.1, 0.15) is 17.7 Å². The molecule has 3 saturated heterocycles. The average molecular weight is 638 g/mol. The average Bonchev–Trinajstić information content (AvgIpc) is 3.70. The Kier molecular flexibility index (Phi) is 11.8. The third kappa shape index (κ3) is 6.65. The topological polar surface area (TPSA) is 117 Å². The number of rotatable bonds is 17. The highest BCUT2D eigenvalue weighted by Crippen LogP contribution is 2.59. The van der Waals surface area contributed by atoms with E-state index < -0.39 is 47.7 Å². The van der Waals surface area contributed by atoms with Crippen LogP contribution in [0.5, 0.6) is 0 Å². The molecular weight excluding hydrogens is 586 g/mol. The van der Waals surface area contributed by atoms with Crippen LogP contribution in [0.4, 0.5) is 0 Å². The maximum Gasteiger partial charge on any atom is 0.313 e. The standard InChI is InChI=1S/C36H51N3O7/c1-7-10-18-28(41)37(6)25(5)31(26-16-12-11-13-17-26)45-35(44)29-27-19-20-36(46-27)30(29)33(42)39(22-14-23-40)32(36)34(43)38(21-9-3)24(4)15-8-2/h7,9,11-13,16-17,24-25,27,29-32,40H,1,3,8,10,14-15,18-23H2,2,4-6H3/t24?,25-,27-,29+,30+,31+,32-,36+/m0/s1. The van der Waals surface area contributed by atoms with Gasteiger partial charge in [0.2, 0.25) is 17.7 Å². The molecule has 3 aliphatic rings. The zero-order valence-corrected chi connectivity index (χ0v) is 27.8. The molecule has 46 heavy (non-hydrogen) atoms. The van der Waals surface area contributed by atoms with Gasteiger partial charge in [-0.25, -0.2) is 0 Å². The molecule has 252 valence electrons. The lowest BCUT2D eigenvalue weighted by Crippen LogP contribution is -2.58. The number of aliphatic hydroxyl groups is 1. The Morgan fingerprint density at radius 3 is 2.54 bits per heavy atom. The number of amides is 3. The first-order chi connectivity index (χ1) is 22.1. The summed E-state index contributed by atoms with van der Waals surface area (Å²) in [7, 11) is 1.69. The number of hydrogen-bond acceptors (Lipinski definition) is 7. The summed E-state index contributed by atoms with van der Waals surface area (Å²) in [5.74, 6) is -3.01. The van der Waals surface area contributed by atoms with Gasteiger partial charge in [0.15, 0.2) is 0 Å². The first-order valence-corrected chi connectivity index (χ1v) is 16.7. The summed E-state index contributed by atoms with van der Waals surface area (Å²) in [6.45, 7) is 13.8. The molecule has 3 heterocycles. The Labute approximate surface area is 273 Å². The molecule has 1 aromatic carbocycles. The molecule has 10 heteroatoms. The summed E-state index contributed by atoms with van der Waals surface area (Å²) in [5.41, 5.74) is -0.444. The number of likely N-dealkylation sites (tertiary alicyclic amines) is 1. The number of carbonyl (C=O) groups excluding carboxylic acids is 4. The van der Waals surface area contributed by atoms with E-state index in [0.29, 0.717) is 32.2 Å². The molecular formula is C36H51N3O7. The molecule has 4 rings (SSSR count). The second-order valence-electron chi connectivity index (χ2n) is 12.9. The number of allylic oxidation sites excluding steroid dienone is 1. The number of benzene rings is 1. The van der Waals surface area contributed by atoms with Crippen LogP contribution < -0.4 is 0 Å². The van der Waals surface area contributed by atoms with E-state index in [1.54, 1.807) is 29.0 Å². The quantitative estimate of drug-likeness (QED) is 0.202. The van der Waals surface area contributed by atoms with Gasteiger partial charge in [0.25, 0.3) is 0 Å². The molecule has 0 aromatic heterocycles. The van der Waals surface area contributed by atoms with Crippen LogP contribution in [0.1, 0.15) is 77.4 Å². The Balaban J connectivity index is 1.67. The molecule has 0 saturated carbocycles. The molecule has 0 radical (unpaired) electrons. The third-order valence-electron chi connectivity index (χ3n) is 10.1. The zero-order valence-electron chi connectivity index (χ0n) is 27.8. The molecule has 10 nitrogen and oxygen atoms in total. The largest absolute Gasteiger partial charge is 0.455 e. The number of carbonyl (C=O) groups is 4. The van der Waals surface area contributed by atoms with E-state index in [-0.39, 0.29) is 43.3 Å². The maximum atomic E-state index is 14.4. The summed E-state index contributed by atoms with van der Waals surface area (Å²) in [4.78, 5) is 60.8. The van der Waals surface area contributed by atoms with Gasteiger partial charge >= 0.3 is 5.97 Å². The summed E-state index contributed by atoms with van der Waals surface area (Å²) >= 11 is 0. The lowest BCUT2D eigenvalue weighted by atomic mass is 9.70. The lowest BCUT2D eigenvalue weighted by molar-refractivity contribution is -0.164. The Hall–Kier alpha value is -3.50. The Bertz CT molecular complexity index is 1270. The van der Waals surface area contributed by atoms with Crippen molar-refractivity contribution in [3.8, 4) is 0 Å². The van der Waals surface area contributed by atoms with Gasteiger partial charge < -0.3 is 29.3 Å². The van der Waals surface area contributed by atoms with E-state index in [9.17, 15) is 24.3 Å². The first kappa shape index (κ1) is 35.4. The van der Waals surface area contributed by atoms with E-state index in [1.807, 2.05) is 44.2 Å².